The van der Waals surface area contributed by atoms with Gasteiger partial charge >= 0.3 is 0 Å². The van der Waals surface area contributed by atoms with Crippen LogP contribution in [-0.2, 0) is 6.54 Å². The third-order valence-corrected chi connectivity index (χ3v) is 3.55. The van der Waals surface area contributed by atoms with Gasteiger partial charge in [-0.05, 0) is 46.6 Å². The molecule has 96 valence electrons. The van der Waals surface area contributed by atoms with Crippen molar-refractivity contribution in [2.24, 2.45) is 5.73 Å². The molecular formula is C14H13BrN4. The summed E-state index contributed by atoms with van der Waals surface area (Å²) in [6.07, 6.45) is 5.53. The normalized spacial score (nSPS) is 11.1. The van der Waals surface area contributed by atoms with E-state index in [1.165, 1.54) is 0 Å². The van der Waals surface area contributed by atoms with Crippen LogP contribution in [0.15, 0.2) is 41.3 Å². The van der Waals surface area contributed by atoms with E-state index >= 15 is 0 Å². The first-order valence-electron chi connectivity index (χ1n) is 5.98. The van der Waals surface area contributed by atoms with Crippen molar-refractivity contribution in [3.63, 3.8) is 0 Å². The standard InChI is InChI=1S/C14H13BrN4/c1-9-6-11(15)8-19-12(7-16)13(18-14(9)19)10-2-4-17-5-3-10/h2-6,8H,7,16H2,1H3. The first-order chi connectivity index (χ1) is 9.20. The van der Waals surface area contributed by atoms with Gasteiger partial charge in [0, 0.05) is 35.2 Å². The average molecular weight is 317 g/mol. The Morgan fingerprint density at radius 3 is 2.74 bits per heavy atom. The van der Waals surface area contributed by atoms with Crippen molar-refractivity contribution in [3.05, 3.63) is 52.5 Å². The van der Waals surface area contributed by atoms with Crippen LogP contribution in [0.5, 0.6) is 0 Å². The average Bonchev–Trinajstić information content (AvgIpc) is 2.78. The van der Waals surface area contributed by atoms with Crippen LogP contribution in [0.1, 0.15) is 11.3 Å². The fraction of sp³-hybridized carbons (Fsp3) is 0.143. The maximum atomic E-state index is 5.91. The number of hydrogen-bond donors (Lipinski definition) is 1. The molecule has 3 aromatic rings. The van der Waals surface area contributed by atoms with Gasteiger partial charge in [0.25, 0.3) is 0 Å². The smallest absolute Gasteiger partial charge is 0.140 e. The Bertz CT molecular complexity index is 734. The lowest BCUT2D eigenvalue weighted by Crippen LogP contribution is -2.03. The number of imidazole rings is 1. The Morgan fingerprint density at radius 2 is 2.05 bits per heavy atom. The van der Waals surface area contributed by atoms with Crippen molar-refractivity contribution < 1.29 is 0 Å². The Balaban J connectivity index is 2.35. The van der Waals surface area contributed by atoms with Crippen molar-refractivity contribution in [2.75, 3.05) is 0 Å². The van der Waals surface area contributed by atoms with Gasteiger partial charge in [-0.2, -0.15) is 0 Å². The number of aromatic nitrogens is 3. The predicted octanol–water partition coefficient (Wildman–Crippen LogP) is 2.93. The molecule has 2 N–H and O–H groups in total. The summed E-state index contributed by atoms with van der Waals surface area (Å²) >= 11 is 3.51. The van der Waals surface area contributed by atoms with Gasteiger partial charge < -0.3 is 10.1 Å². The summed E-state index contributed by atoms with van der Waals surface area (Å²) in [5.74, 6) is 0. The van der Waals surface area contributed by atoms with E-state index in [2.05, 4.69) is 31.4 Å². The summed E-state index contributed by atoms with van der Waals surface area (Å²) in [5.41, 5.74) is 10.9. The van der Waals surface area contributed by atoms with Crippen LogP contribution < -0.4 is 5.73 Å². The number of nitrogens with zero attached hydrogens (tertiary/aromatic N) is 3. The topological polar surface area (TPSA) is 56.2 Å². The highest BCUT2D eigenvalue weighted by Crippen LogP contribution is 2.26. The van der Waals surface area contributed by atoms with Crippen LogP contribution in [0.3, 0.4) is 0 Å². The maximum absolute atomic E-state index is 5.91. The Kier molecular flexibility index (Phi) is 3.08. The zero-order valence-electron chi connectivity index (χ0n) is 10.5. The van der Waals surface area contributed by atoms with Crippen LogP contribution in [0.2, 0.25) is 0 Å². The molecule has 3 rings (SSSR count). The van der Waals surface area contributed by atoms with Gasteiger partial charge in [-0.3, -0.25) is 4.98 Å². The molecule has 0 atom stereocenters. The van der Waals surface area contributed by atoms with Crippen molar-refractivity contribution in [1.82, 2.24) is 14.4 Å². The van der Waals surface area contributed by atoms with Gasteiger partial charge in [-0.15, -0.1) is 0 Å². The van der Waals surface area contributed by atoms with E-state index in [1.54, 1.807) is 12.4 Å². The second kappa shape index (κ2) is 4.75. The highest BCUT2D eigenvalue weighted by atomic mass is 79.9. The molecule has 0 aliphatic rings. The molecule has 19 heavy (non-hydrogen) atoms. The van der Waals surface area contributed by atoms with Crippen LogP contribution in [0.4, 0.5) is 0 Å². The fourth-order valence-corrected chi connectivity index (χ4v) is 2.80. The zero-order chi connectivity index (χ0) is 13.4. The lowest BCUT2D eigenvalue weighted by molar-refractivity contribution is 0.956. The fourth-order valence-electron chi connectivity index (χ4n) is 2.25. The largest absolute Gasteiger partial charge is 0.325 e. The third kappa shape index (κ3) is 2.05. The lowest BCUT2D eigenvalue weighted by atomic mass is 10.1. The molecule has 0 fully saturated rings. The molecule has 0 aromatic carbocycles. The van der Waals surface area contributed by atoms with E-state index in [1.807, 2.05) is 25.3 Å². The highest BCUT2D eigenvalue weighted by Gasteiger charge is 2.14. The third-order valence-electron chi connectivity index (χ3n) is 3.12. The van der Waals surface area contributed by atoms with Gasteiger partial charge in [-0.1, -0.05) is 0 Å². The molecule has 0 bridgehead atoms. The molecule has 0 spiro atoms. The molecule has 3 aromatic heterocycles. The molecular weight excluding hydrogens is 304 g/mol. The molecule has 0 amide bonds. The number of pyridine rings is 2. The molecule has 4 nitrogen and oxygen atoms in total. The molecule has 5 heteroatoms. The summed E-state index contributed by atoms with van der Waals surface area (Å²) in [6.45, 7) is 2.48. The van der Waals surface area contributed by atoms with E-state index in [4.69, 9.17) is 10.7 Å². The Hall–Kier alpha value is -1.72. The minimum atomic E-state index is 0.439. The van der Waals surface area contributed by atoms with Crippen LogP contribution in [0.25, 0.3) is 16.9 Å². The molecule has 0 unspecified atom stereocenters. The molecule has 3 heterocycles. The van der Waals surface area contributed by atoms with Gasteiger partial charge in [0.15, 0.2) is 0 Å². The van der Waals surface area contributed by atoms with Gasteiger partial charge in [-0.25, -0.2) is 4.98 Å². The van der Waals surface area contributed by atoms with Gasteiger partial charge in [0.05, 0.1) is 11.4 Å². The van der Waals surface area contributed by atoms with E-state index in [-0.39, 0.29) is 0 Å². The number of aryl methyl sites for hydroxylation is 1. The minimum absolute atomic E-state index is 0.439. The molecule has 0 aliphatic carbocycles. The quantitative estimate of drug-likeness (QED) is 0.790. The van der Waals surface area contributed by atoms with Crippen molar-refractivity contribution in [3.8, 4) is 11.3 Å². The number of halogens is 1. The molecule has 0 radical (unpaired) electrons. The summed E-state index contributed by atoms with van der Waals surface area (Å²) in [7, 11) is 0. The lowest BCUT2D eigenvalue weighted by Gasteiger charge is -2.03. The number of rotatable bonds is 2. The Labute approximate surface area is 119 Å². The van der Waals surface area contributed by atoms with Crippen molar-refractivity contribution in [1.29, 1.82) is 0 Å². The zero-order valence-corrected chi connectivity index (χ0v) is 12.1. The second-order valence-corrected chi connectivity index (χ2v) is 5.30. The van der Waals surface area contributed by atoms with Gasteiger partial charge in [0.1, 0.15) is 5.65 Å². The molecule has 0 saturated heterocycles. The van der Waals surface area contributed by atoms with E-state index in [0.717, 1.165) is 32.6 Å². The highest BCUT2D eigenvalue weighted by molar-refractivity contribution is 9.10. The maximum Gasteiger partial charge on any atom is 0.140 e. The number of nitrogens with two attached hydrogens (primary N) is 1. The molecule has 0 aliphatic heterocycles. The predicted molar refractivity (Wildman–Crippen MR) is 78.8 cm³/mol. The van der Waals surface area contributed by atoms with Crippen molar-refractivity contribution >= 4 is 21.6 Å². The summed E-state index contributed by atoms with van der Waals surface area (Å²) in [5, 5.41) is 0. The first-order valence-corrected chi connectivity index (χ1v) is 6.77. The summed E-state index contributed by atoms with van der Waals surface area (Å²) in [6, 6.07) is 5.95. The van der Waals surface area contributed by atoms with E-state index in [0.29, 0.717) is 6.54 Å². The summed E-state index contributed by atoms with van der Waals surface area (Å²) in [4.78, 5) is 8.77. The Morgan fingerprint density at radius 1 is 1.32 bits per heavy atom. The number of fused-ring (bicyclic) bond motifs is 1. The van der Waals surface area contributed by atoms with Crippen LogP contribution >= 0.6 is 15.9 Å². The SMILES string of the molecule is Cc1cc(Br)cn2c(CN)c(-c3ccncc3)nc12. The van der Waals surface area contributed by atoms with Crippen LogP contribution in [0, 0.1) is 6.92 Å². The van der Waals surface area contributed by atoms with E-state index < -0.39 is 0 Å². The second-order valence-electron chi connectivity index (χ2n) is 4.38. The molecule has 0 saturated carbocycles. The van der Waals surface area contributed by atoms with Gasteiger partial charge in [0.2, 0.25) is 0 Å². The van der Waals surface area contributed by atoms with E-state index in [9.17, 15) is 0 Å². The minimum Gasteiger partial charge on any atom is -0.325 e. The first kappa shape index (κ1) is 12.3. The summed E-state index contributed by atoms with van der Waals surface area (Å²) < 4.78 is 3.07. The van der Waals surface area contributed by atoms with Crippen molar-refractivity contribution in [2.45, 2.75) is 13.5 Å². The number of hydrogen-bond acceptors (Lipinski definition) is 3. The van der Waals surface area contributed by atoms with Crippen LogP contribution in [-0.4, -0.2) is 14.4 Å². The monoisotopic (exact) mass is 316 g/mol.